The summed E-state index contributed by atoms with van der Waals surface area (Å²) in [7, 11) is 3.78. The molecular formula is C25H35N3O8. The van der Waals surface area contributed by atoms with Gasteiger partial charge in [-0.05, 0) is 36.3 Å². The Balaban J connectivity index is 0.00000361. The molecule has 4 rings (SSSR count). The third kappa shape index (κ3) is 4.91. The quantitative estimate of drug-likeness (QED) is 0.389. The molecule has 11 heteroatoms. The largest absolute Gasteiger partial charge is 0.511 e. The fourth-order valence-corrected chi connectivity index (χ4v) is 5.74. The smallest absolute Gasteiger partial charge is 0.255 e. The van der Waals surface area contributed by atoms with Gasteiger partial charge in [-0.3, -0.25) is 14.4 Å². The normalized spacial score (nSPS) is 24.3. The number of nitrogens with two attached hydrogens (primary N) is 1. The van der Waals surface area contributed by atoms with E-state index in [0.717, 1.165) is 11.3 Å². The van der Waals surface area contributed by atoms with Crippen molar-refractivity contribution in [3.63, 3.8) is 0 Å². The van der Waals surface area contributed by atoms with Gasteiger partial charge in [0.1, 0.15) is 17.1 Å². The minimum Gasteiger partial charge on any atom is -0.511 e. The van der Waals surface area contributed by atoms with Crippen molar-refractivity contribution >= 4 is 28.8 Å². The van der Waals surface area contributed by atoms with E-state index in [1.54, 1.807) is 0 Å². The summed E-state index contributed by atoms with van der Waals surface area (Å²) in [6.45, 7) is 1.91. The van der Waals surface area contributed by atoms with Gasteiger partial charge in [-0.25, -0.2) is 0 Å². The van der Waals surface area contributed by atoms with Crippen LogP contribution in [0.1, 0.15) is 35.2 Å². The monoisotopic (exact) mass is 505 g/mol. The number of hydrogen-bond acceptors (Lipinski definition) is 9. The third-order valence-corrected chi connectivity index (χ3v) is 7.43. The van der Waals surface area contributed by atoms with Gasteiger partial charge in [-0.15, -0.1) is 0 Å². The number of nitrogens with zero attached hydrogens (tertiary/aromatic N) is 2. The van der Waals surface area contributed by atoms with Gasteiger partial charge in [-0.1, -0.05) is 0 Å². The Bertz CT molecular complexity index is 1080. The zero-order chi connectivity index (χ0) is 25.4. The average Bonchev–Trinajstić information content (AvgIpc) is 2.79. The van der Waals surface area contributed by atoms with Crippen LogP contribution >= 0.6 is 0 Å². The Labute approximate surface area is 209 Å². The van der Waals surface area contributed by atoms with Crippen molar-refractivity contribution in [1.29, 1.82) is 0 Å². The van der Waals surface area contributed by atoms with E-state index >= 15 is 0 Å². The van der Waals surface area contributed by atoms with Crippen LogP contribution in [-0.2, 0) is 20.7 Å². The van der Waals surface area contributed by atoms with Crippen molar-refractivity contribution in [1.82, 2.24) is 0 Å². The Morgan fingerprint density at radius 3 is 2.39 bits per heavy atom. The number of hydrogen-bond donors (Lipinski definition) is 4. The molecule has 0 spiro atoms. The number of phenolic OH excluding ortho intramolecular Hbond substituents is 1. The predicted molar refractivity (Wildman–Crippen MR) is 132 cm³/mol. The number of fused-ring (bicyclic) bond motifs is 1. The van der Waals surface area contributed by atoms with Crippen LogP contribution in [0, 0.1) is 17.8 Å². The lowest BCUT2D eigenvalue weighted by Crippen LogP contribution is -2.38. The van der Waals surface area contributed by atoms with Gasteiger partial charge in [0.2, 0.25) is 0 Å². The molecule has 0 radical (unpaired) electrons. The lowest BCUT2D eigenvalue weighted by molar-refractivity contribution is -0.123. The summed E-state index contributed by atoms with van der Waals surface area (Å²) in [4.78, 5) is 41.4. The number of anilines is 2. The zero-order valence-corrected chi connectivity index (χ0v) is 20.6. The van der Waals surface area contributed by atoms with E-state index in [4.69, 9.17) is 10.5 Å². The van der Waals surface area contributed by atoms with Gasteiger partial charge >= 0.3 is 0 Å². The highest BCUT2D eigenvalue weighted by molar-refractivity contribution is 6.19. The molecule has 0 aromatic heterocycles. The molecule has 1 heterocycles. The molecule has 1 aromatic rings. The van der Waals surface area contributed by atoms with Crippen LogP contribution in [0.25, 0.3) is 0 Å². The van der Waals surface area contributed by atoms with Crippen molar-refractivity contribution in [3.8, 4) is 5.75 Å². The molecule has 2 aliphatic carbocycles. The maximum absolute atomic E-state index is 13.3. The van der Waals surface area contributed by atoms with Crippen molar-refractivity contribution in [2.75, 3.05) is 56.8 Å². The first kappa shape index (κ1) is 27.4. The molecule has 3 atom stereocenters. The number of rotatable bonds is 6. The van der Waals surface area contributed by atoms with E-state index in [-0.39, 0.29) is 35.8 Å². The molecule has 1 saturated heterocycles. The van der Waals surface area contributed by atoms with Gasteiger partial charge in [-0.2, -0.15) is 0 Å². The van der Waals surface area contributed by atoms with Crippen LogP contribution < -0.4 is 15.5 Å². The highest BCUT2D eigenvalue weighted by Gasteiger charge is 2.41. The van der Waals surface area contributed by atoms with Crippen LogP contribution in [0.15, 0.2) is 17.4 Å². The molecule has 1 amide bonds. The highest BCUT2D eigenvalue weighted by atomic mass is 16.5. The number of aliphatic hydroxyl groups is 2. The Morgan fingerprint density at radius 2 is 1.81 bits per heavy atom. The number of morpholine rings is 1. The fraction of sp³-hybridized carbons (Fsp3) is 0.560. The first-order valence-corrected chi connectivity index (χ1v) is 11.9. The van der Waals surface area contributed by atoms with Gasteiger partial charge in [0, 0.05) is 51.6 Å². The van der Waals surface area contributed by atoms with Crippen molar-refractivity contribution in [2.24, 2.45) is 23.5 Å². The maximum atomic E-state index is 13.3. The van der Waals surface area contributed by atoms with E-state index in [1.807, 2.05) is 30.0 Å². The van der Waals surface area contributed by atoms with Crippen molar-refractivity contribution < 1.29 is 39.9 Å². The van der Waals surface area contributed by atoms with E-state index in [9.17, 15) is 29.7 Å². The number of Topliss-reactive ketones (excluding diaryl/α,β-unsaturated/α-hetero) is 2. The van der Waals surface area contributed by atoms with Crippen molar-refractivity contribution in [2.45, 2.75) is 25.7 Å². The molecule has 198 valence electrons. The number of primary amides is 1. The minimum absolute atomic E-state index is 0. The number of ether oxygens (including phenoxy) is 1. The average molecular weight is 506 g/mol. The molecule has 36 heavy (non-hydrogen) atoms. The minimum atomic E-state index is -1.01. The zero-order valence-electron chi connectivity index (χ0n) is 20.6. The number of aromatic hydroxyl groups is 1. The molecule has 7 N–H and O–H groups in total. The van der Waals surface area contributed by atoms with Crippen LogP contribution in [0.4, 0.5) is 11.4 Å². The molecule has 3 aliphatic rings. The molecule has 1 fully saturated rings. The lowest BCUT2D eigenvalue weighted by atomic mass is 9.70. The number of carbonyl (C=O) groups excluding carboxylic acids is 3. The number of ketones is 2. The van der Waals surface area contributed by atoms with E-state index in [2.05, 4.69) is 0 Å². The molecular weight excluding hydrogens is 470 g/mol. The van der Waals surface area contributed by atoms with Gasteiger partial charge < -0.3 is 41.1 Å². The summed E-state index contributed by atoms with van der Waals surface area (Å²) in [6, 6.07) is 1.91. The summed E-state index contributed by atoms with van der Waals surface area (Å²) < 4.78 is 5.42. The summed E-state index contributed by atoms with van der Waals surface area (Å²) in [5.74, 6) is -3.59. The topological polar surface area (TPSA) is 185 Å². The third-order valence-electron chi connectivity index (χ3n) is 7.43. The van der Waals surface area contributed by atoms with Crippen LogP contribution in [0.2, 0.25) is 0 Å². The molecule has 1 unspecified atom stereocenters. The molecule has 1 aliphatic heterocycles. The molecule has 1 aromatic carbocycles. The van der Waals surface area contributed by atoms with Crippen LogP contribution in [0.5, 0.6) is 5.75 Å². The van der Waals surface area contributed by atoms with Gasteiger partial charge in [0.15, 0.2) is 11.6 Å². The molecule has 0 bridgehead atoms. The van der Waals surface area contributed by atoms with E-state index in [1.165, 1.54) is 0 Å². The number of phenols is 1. The summed E-state index contributed by atoms with van der Waals surface area (Å²) in [5.41, 5.74) is 7.36. The molecule has 11 nitrogen and oxygen atoms in total. The second-order valence-corrected chi connectivity index (χ2v) is 9.84. The highest BCUT2D eigenvalue weighted by Crippen LogP contribution is 2.46. The second kappa shape index (κ2) is 10.9. The maximum Gasteiger partial charge on any atom is 0.255 e. The standard InChI is InChI=1S/C25H33N3O7.H2O/c1-27(2)17-11-18(28-3-5-35-6-4-28)24(33)21-15(17)8-13(9-19(21)30)7-14-10-20(31)22(25(26)34)23(32)16(14)12-29;/h11,13-14,16,29,32-33H,3-10,12H2,1-2H3,(H2,26,34);1H2/t13-,14+,16?;/m1./s1. The van der Waals surface area contributed by atoms with Gasteiger partial charge in [0.25, 0.3) is 5.91 Å². The van der Waals surface area contributed by atoms with E-state index < -0.39 is 41.5 Å². The first-order valence-electron chi connectivity index (χ1n) is 11.9. The second-order valence-electron chi connectivity index (χ2n) is 9.84. The number of aliphatic hydroxyl groups excluding tert-OH is 2. The number of amides is 1. The van der Waals surface area contributed by atoms with Crippen LogP contribution in [-0.4, -0.2) is 85.3 Å². The summed E-state index contributed by atoms with van der Waals surface area (Å²) >= 11 is 0. The molecule has 0 saturated carbocycles. The Kier molecular flexibility index (Phi) is 8.27. The Morgan fingerprint density at radius 1 is 1.14 bits per heavy atom. The van der Waals surface area contributed by atoms with Gasteiger partial charge in [0.05, 0.1) is 31.1 Å². The first-order chi connectivity index (χ1) is 16.6. The Hall–Kier alpha value is -3.15. The summed E-state index contributed by atoms with van der Waals surface area (Å²) in [5, 5.41) is 31.5. The summed E-state index contributed by atoms with van der Waals surface area (Å²) in [6.07, 6.45) is 1.04. The van der Waals surface area contributed by atoms with E-state index in [0.29, 0.717) is 50.4 Å². The van der Waals surface area contributed by atoms with Crippen molar-refractivity contribution in [3.05, 3.63) is 28.5 Å². The SMILES string of the molecule is CN(C)c1cc(N2CCOCC2)c(O)c2c1C[C@@H](C[C@H]1CC(=O)C(C(N)=O)=C(O)C1CO)CC2=O.O. The fourth-order valence-electron chi connectivity index (χ4n) is 5.74. The number of benzene rings is 1. The van der Waals surface area contributed by atoms with Crippen LogP contribution in [0.3, 0.4) is 0 Å². The lowest BCUT2D eigenvalue weighted by Gasteiger charge is -2.36. The number of carbonyl (C=O) groups is 3. The predicted octanol–water partition coefficient (Wildman–Crippen LogP) is 0.100.